The summed E-state index contributed by atoms with van der Waals surface area (Å²) in [7, 11) is 0. The number of carbonyl (C=O) groups excluding carboxylic acids is 1. The maximum atomic E-state index is 12.3. The summed E-state index contributed by atoms with van der Waals surface area (Å²) in [6.07, 6.45) is 0. The topological polar surface area (TPSA) is 81.9 Å². The molecule has 2 aromatic carbocycles. The number of nitrogens with one attached hydrogen (secondary N) is 1. The summed E-state index contributed by atoms with van der Waals surface area (Å²) in [4.78, 5) is 12.3. The molecule has 8 heteroatoms. The fourth-order valence-corrected chi connectivity index (χ4v) is 3.00. The number of nitrogens with zero attached hydrogens (tertiary/aromatic N) is 4. The van der Waals surface area contributed by atoms with E-state index in [1.165, 1.54) is 0 Å². The summed E-state index contributed by atoms with van der Waals surface area (Å²) in [5.74, 6) is 1.34. The van der Waals surface area contributed by atoms with Gasteiger partial charge in [0.25, 0.3) is 5.91 Å². The van der Waals surface area contributed by atoms with Crippen molar-refractivity contribution >= 4 is 23.2 Å². The Bertz CT molecular complexity index is 1170. The van der Waals surface area contributed by atoms with Gasteiger partial charge in [0, 0.05) is 28.0 Å². The fourth-order valence-electron chi connectivity index (χ4n) is 2.87. The first-order chi connectivity index (χ1) is 14.5. The normalized spacial score (nSPS) is 10.6. The molecule has 1 N–H and O–H groups in total. The highest BCUT2D eigenvalue weighted by Gasteiger charge is 2.08. The van der Waals surface area contributed by atoms with Gasteiger partial charge in [-0.2, -0.15) is 5.10 Å². The van der Waals surface area contributed by atoms with Crippen LogP contribution in [0.2, 0.25) is 5.02 Å². The van der Waals surface area contributed by atoms with Crippen LogP contribution in [-0.2, 0) is 0 Å². The number of aromatic nitrogens is 4. The van der Waals surface area contributed by atoms with Crippen LogP contribution in [0.3, 0.4) is 0 Å². The number of hydrogen-bond donors (Lipinski definition) is 1. The van der Waals surface area contributed by atoms with Gasteiger partial charge < -0.3 is 10.1 Å². The number of benzene rings is 2. The standard InChI is InChI=1S/C22H18ClN5O2/c1-14-13-15(2)28(27-14)20-11-12-21(26-25-20)30-19-9-7-18(8-10-19)24-22(29)16-3-5-17(23)6-4-16/h3-13H,1-2H3,(H,24,29). The Morgan fingerprint density at radius 2 is 1.70 bits per heavy atom. The van der Waals surface area contributed by atoms with Gasteiger partial charge in [0.1, 0.15) is 5.75 Å². The van der Waals surface area contributed by atoms with Crippen molar-refractivity contribution in [3.05, 3.63) is 88.7 Å². The molecular formula is C22H18ClN5O2. The van der Waals surface area contributed by atoms with Crippen LogP contribution < -0.4 is 10.1 Å². The van der Waals surface area contributed by atoms with Gasteiger partial charge in [0.2, 0.25) is 5.88 Å². The van der Waals surface area contributed by atoms with Crippen molar-refractivity contribution in [1.82, 2.24) is 20.0 Å². The number of hydrogen-bond acceptors (Lipinski definition) is 5. The zero-order chi connectivity index (χ0) is 21.1. The van der Waals surface area contributed by atoms with Crippen molar-refractivity contribution in [2.45, 2.75) is 13.8 Å². The molecular weight excluding hydrogens is 402 g/mol. The third-order valence-electron chi connectivity index (χ3n) is 4.29. The molecule has 0 saturated carbocycles. The number of ether oxygens (including phenoxy) is 1. The van der Waals surface area contributed by atoms with Gasteiger partial charge >= 0.3 is 0 Å². The minimum Gasteiger partial charge on any atom is -0.438 e. The molecule has 0 aliphatic heterocycles. The summed E-state index contributed by atoms with van der Waals surface area (Å²) in [5, 5.41) is 16.1. The second-order valence-corrected chi connectivity index (χ2v) is 7.09. The van der Waals surface area contributed by atoms with Gasteiger partial charge in [0.15, 0.2) is 5.82 Å². The Labute approximate surface area is 178 Å². The first-order valence-electron chi connectivity index (χ1n) is 9.20. The van der Waals surface area contributed by atoms with Gasteiger partial charge in [-0.25, -0.2) is 4.68 Å². The molecule has 0 aliphatic rings. The van der Waals surface area contributed by atoms with E-state index in [4.69, 9.17) is 16.3 Å². The van der Waals surface area contributed by atoms with Gasteiger partial charge in [-0.3, -0.25) is 4.79 Å². The van der Waals surface area contributed by atoms with Crippen molar-refractivity contribution in [1.29, 1.82) is 0 Å². The summed E-state index contributed by atoms with van der Waals surface area (Å²) in [5.41, 5.74) is 3.07. The molecule has 0 atom stereocenters. The van der Waals surface area contributed by atoms with Crippen molar-refractivity contribution in [2.24, 2.45) is 0 Å². The van der Waals surface area contributed by atoms with Gasteiger partial charge in [-0.05, 0) is 74.5 Å². The number of rotatable bonds is 5. The fraction of sp³-hybridized carbons (Fsp3) is 0.0909. The molecule has 0 unspecified atom stereocenters. The third kappa shape index (κ3) is 4.47. The monoisotopic (exact) mass is 419 g/mol. The highest BCUT2D eigenvalue weighted by atomic mass is 35.5. The largest absolute Gasteiger partial charge is 0.438 e. The van der Waals surface area contributed by atoms with E-state index in [1.807, 2.05) is 19.9 Å². The number of amides is 1. The van der Waals surface area contributed by atoms with E-state index in [1.54, 1.807) is 65.3 Å². The van der Waals surface area contributed by atoms with E-state index in [9.17, 15) is 4.79 Å². The third-order valence-corrected chi connectivity index (χ3v) is 4.55. The molecule has 0 fully saturated rings. The molecule has 2 heterocycles. The second-order valence-electron chi connectivity index (χ2n) is 6.66. The van der Waals surface area contributed by atoms with Crippen molar-refractivity contribution in [3.8, 4) is 17.4 Å². The lowest BCUT2D eigenvalue weighted by atomic mass is 10.2. The van der Waals surface area contributed by atoms with Crippen LogP contribution >= 0.6 is 11.6 Å². The highest BCUT2D eigenvalue weighted by Crippen LogP contribution is 2.22. The Morgan fingerprint density at radius 3 is 2.30 bits per heavy atom. The summed E-state index contributed by atoms with van der Waals surface area (Å²) < 4.78 is 7.46. The summed E-state index contributed by atoms with van der Waals surface area (Å²) in [6.45, 7) is 3.88. The molecule has 0 saturated heterocycles. The van der Waals surface area contributed by atoms with E-state index in [2.05, 4.69) is 20.6 Å². The Morgan fingerprint density at radius 1 is 0.967 bits per heavy atom. The lowest BCUT2D eigenvalue weighted by molar-refractivity contribution is 0.102. The highest BCUT2D eigenvalue weighted by molar-refractivity contribution is 6.30. The van der Waals surface area contributed by atoms with Crippen LogP contribution in [-0.4, -0.2) is 25.9 Å². The summed E-state index contributed by atoms with van der Waals surface area (Å²) >= 11 is 5.85. The average Bonchev–Trinajstić information content (AvgIpc) is 3.08. The maximum Gasteiger partial charge on any atom is 0.255 e. The molecule has 4 rings (SSSR count). The van der Waals surface area contributed by atoms with Gasteiger partial charge in [-0.15, -0.1) is 10.2 Å². The number of anilines is 1. The van der Waals surface area contributed by atoms with Crippen molar-refractivity contribution < 1.29 is 9.53 Å². The van der Waals surface area contributed by atoms with Gasteiger partial charge in [-0.1, -0.05) is 11.6 Å². The first-order valence-corrected chi connectivity index (χ1v) is 9.58. The number of aryl methyl sites for hydroxylation is 2. The Kier molecular flexibility index (Phi) is 5.45. The van der Waals surface area contributed by atoms with Crippen LogP contribution in [0.25, 0.3) is 5.82 Å². The van der Waals surface area contributed by atoms with Crippen LogP contribution in [0.1, 0.15) is 21.7 Å². The Balaban J connectivity index is 1.40. The summed E-state index contributed by atoms with van der Waals surface area (Å²) in [6, 6.07) is 19.2. The predicted molar refractivity (Wildman–Crippen MR) is 115 cm³/mol. The van der Waals surface area contributed by atoms with E-state index in [0.717, 1.165) is 11.4 Å². The lowest BCUT2D eigenvalue weighted by Crippen LogP contribution is -2.11. The molecule has 2 aromatic heterocycles. The smallest absolute Gasteiger partial charge is 0.255 e. The minimum atomic E-state index is -0.217. The first kappa shape index (κ1) is 19.6. The molecule has 150 valence electrons. The predicted octanol–water partition coefficient (Wildman–Crippen LogP) is 4.98. The van der Waals surface area contributed by atoms with Crippen LogP contribution in [0.15, 0.2) is 66.7 Å². The zero-order valence-corrected chi connectivity index (χ0v) is 17.1. The minimum absolute atomic E-state index is 0.217. The zero-order valence-electron chi connectivity index (χ0n) is 16.3. The number of halogens is 1. The molecule has 0 spiro atoms. The van der Waals surface area contributed by atoms with Crippen LogP contribution in [0.5, 0.6) is 11.6 Å². The second kappa shape index (κ2) is 8.34. The molecule has 0 aliphatic carbocycles. The molecule has 30 heavy (non-hydrogen) atoms. The van der Waals surface area contributed by atoms with E-state index >= 15 is 0 Å². The molecule has 0 radical (unpaired) electrons. The van der Waals surface area contributed by atoms with Crippen LogP contribution in [0, 0.1) is 13.8 Å². The number of carbonyl (C=O) groups is 1. The lowest BCUT2D eigenvalue weighted by Gasteiger charge is -2.08. The Hall–Kier alpha value is -3.71. The van der Waals surface area contributed by atoms with Crippen molar-refractivity contribution in [3.63, 3.8) is 0 Å². The molecule has 4 aromatic rings. The van der Waals surface area contributed by atoms with E-state index < -0.39 is 0 Å². The SMILES string of the molecule is Cc1cc(C)n(-c2ccc(Oc3ccc(NC(=O)c4ccc(Cl)cc4)cc3)nn2)n1. The van der Waals surface area contributed by atoms with Crippen LogP contribution in [0.4, 0.5) is 5.69 Å². The molecule has 0 bridgehead atoms. The molecule has 7 nitrogen and oxygen atoms in total. The average molecular weight is 420 g/mol. The van der Waals surface area contributed by atoms with E-state index in [-0.39, 0.29) is 5.91 Å². The van der Waals surface area contributed by atoms with Gasteiger partial charge in [0.05, 0.1) is 5.69 Å². The quantitative estimate of drug-likeness (QED) is 0.493. The van der Waals surface area contributed by atoms with E-state index in [0.29, 0.717) is 33.7 Å². The van der Waals surface area contributed by atoms with Crippen molar-refractivity contribution in [2.75, 3.05) is 5.32 Å². The molecule has 1 amide bonds. The maximum absolute atomic E-state index is 12.3.